The van der Waals surface area contributed by atoms with Crippen LogP contribution in [0.5, 0.6) is 0 Å². The third-order valence-corrected chi connectivity index (χ3v) is 3.01. The van der Waals surface area contributed by atoms with Gasteiger partial charge >= 0.3 is 0 Å². The molecule has 0 nitrogen and oxygen atoms in total. The minimum atomic E-state index is 1.11. The van der Waals surface area contributed by atoms with Gasteiger partial charge in [-0.1, -0.05) is 77.4 Å². The molecule has 0 spiro atoms. The molecule has 0 N–H and O–H groups in total. The Bertz CT molecular complexity index is 135. The molecular formula is C16H31. The molecule has 1 radical (unpaired) electrons. The summed E-state index contributed by atoms with van der Waals surface area (Å²) in [5, 5.41) is 0. The molecule has 0 bridgehead atoms. The molecule has 0 aromatic carbocycles. The Morgan fingerprint density at radius 2 is 1.19 bits per heavy atom. The molecule has 95 valence electrons. The van der Waals surface area contributed by atoms with Crippen molar-refractivity contribution < 1.29 is 0 Å². The Labute approximate surface area is 104 Å². The van der Waals surface area contributed by atoms with Gasteiger partial charge in [-0.3, -0.25) is 0 Å². The van der Waals surface area contributed by atoms with Crippen LogP contribution in [0.3, 0.4) is 0 Å². The van der Waals surface area contributed by atoms with E-state index in [1.165, 1.54) is 70.6 Å². The summed E-state index contributed by atoms with van der Waals surface area (Å²) in [7, 11) is 0. The van der Waals surface area contributed by atoms with Crippen LogP contribution in [0.2, 0.25) is 0 Å². The second-order valence-corrected chi connectivity index (χ2v) is 4.73. The van der Waals surface area contributed by atoms with Crippen molar-refractivity contribution in [1.82, 2.24) is 0 Å². The summed E-state index contributed by atoms with van der Waals surface area (Å²) in [4.78, 5) is 0. The van der Waals surface area contributed by atoms with Gasteiger partial charge in [-0.2, -0.15) is 0 Å². The van der Waals surface area contributed by atoms with Crippen molar-refractivity contribution in [3.8, 4) is 0 Å². The highest BCUT2D eigenvalue weighted by Crippen LogP contribution is 2.09. The van der Waals surface area contributed by atoms with Crippen LogP contribution in [-0.4, -0.2) is 0 Å². The molecule has 0 aromatic rings. The zero-order valence-corrected chi connectivity index (χ0v) is 11.3. The van der Waals surface area contributed by atoms with E-state index in [0.29, 0.717) is 0 Å². The number of unbranched alkanes of at least 4 members (excludes halogenated alkanes) is 10. The van der Waals surface area contributed by atoms with Gasteiger partial charge in [0.2, 0.25) is 0 Å². The van der Waals surface area contributed by atoms with Crippen molar-refractivity contribution in [2.75, 3.05) is 0 Å². The SMILES string of the molecule is [CH2]CCCCCCCC/C=C\CCCCC. The van der Waals surface area contributed by atoms with Crippen LogP contribution >= 0.6 is 0 Å². The van der Waals surface area contributed by atoms with Crippen LogP contribution in [0.1, 0.15) is 84.0 Å². The summed E-state index contributed by atoms with van der Waals surface area (Å²) in [6.07, 6.45) is 20.9. The van der Waals surface area contributed by atoms with Gasteiger partial charge in [-0.25, -0.2) is 0 Å². The van der Waals surface area contributed by atoms with Crippen LogP contribution in [0, 0.1) is 6.92 Å². The van der Waals surface area contributed by atoms with Gasteiger partial charge in [0.25, 0.3) is 0 Å². The molecule has 0 saturated heterocycles. The Morgan fingerprint density at radius 3 is 1.75 bits per heavy atom. The Morgan fingerprint density at radius 1 is 0.688 bits per heavy atom. The van der Waals surface area contributed by atoms with E-state index in [1.807, 2.05) is 0 Å². The van der Waals surface area contributed by atoms with Crippen molar-refractivity contribution in [3.05, 3.63) is 19.1 Å². The fourth-order valence-electron chi connectivity index (χ4n) is 1.89. The van der Waals surface area contributed by atoms with E-state index in [-0.39, 0.29) is 0 Å². The first-order valence-electron chi connectivity index (χ1n) is 7.36. The van der Waals surface area contributed by atoms with Gasteiger partial charge in [0.05, 0.1) is 0 Å². The molecule has 0 fully saturated rings. The van der Waals surface area contributed by atoms with E-state index in [4.69, 9.17) is 0 Å². The average Bonchev–Trinajstić information content (AvgIpc) is 2.31. The summed E-state index contributed by atoms with van der Waals surface area (Å²) >= 11 is 0. The van der Waals surface area contributed by atoms with Gasteiger partial charge < -0.3 is 0 Å². The topological polar surface area (TPSA) is 0 Å². The second kappa shape index (κ2) is 14.7. The van der Waals surface area contributed by atoms with E-state index in [9.17, 15) is 0 Å². The second-order valence-electron chi connectivity index (χ2n) is 4.73. The van der Waals surface area contributed by atoms with Crippen LogP contribution < -0.4 is 0 Å². The first-order chi connectivity index (χ1) is 7.91. The maximum Gasteiger partial charge on any atom is -0.0351 e. The zero-order valence-electron chi connectivity index (χ0n) is 11.3. The third-order valence-electron chi connectivity index (χ3n) is 3.01. The quantitative estimate of drug-likeness (QED) is 0.278. The molecular weight excluding hydrogens is 192 g/mol. The lowest BCUT2D eigenvalue weighted by Crippen LogP contribution is -1.79. The van der Waals surface area contributed by atoms with Crippen molar-refractivity contribution in [2.45, 2.75) is 84.0 Å². The van der Waals surface area contributed by atoms with Gasteiger partial charge in [-0.15, -0.1) is 0 Å². The highest BCUT2D eigenvalue weighted by Gasteiger charge is 1.89. The molecule has 0 rings (SSSR count). The monoisotopic (exact) mass is 223 g/mol. The maximum atomic E-state index is 3.87. The lowest BCUT2D eigenvalue weighted by molar-refractivity contribution is 0.599. The van der Waals surface area contributed by atoms with E-state index >= 15 is 0 Å². The highest BCUT2D eigenvalue weighted by molar-refractivity contribution is 4.81. The molecule has 0 saturated carbocycles. The standard InChI is InChI=1S/C16H31/c1-3-5-7-9-11-13-15-16-14-12-10-8-6-4-2/h12,14H,1,3-11,13,15-16H2,2H3/b14-12-. The number of allylic oxidation sites excluding steroid dienone is 2. The molecule has 16 heavy (non-hydrogen) atoms. The molecule has 0 unspecified atom stereocenters. The molecule has 0 heteroatoms. The fraction of sp³-hybridized carbons (Fsp3) is 0.812. The zero-order chi connectivity index (χ0) is 11.9. The molecule has 0 aliphatic rings. The average molecular weight is 223 g/mol. The summed E-state index contributed by atoms with van der Waals surface area (Å²) in [5.74, 6) is 0. The van der Waals surface area contributed by atoms with Gasteiger partial charge in [0.1, 0.15) is 0 Å². The van der Waals surface area contributed by atoms with Crippen LogP contribution in [-0.2, 0) is 0 Å². The fourth-order valence-corrected chi connectivity index (χ4v) is 1.89. The lowest BCUT2D eigenvalue weighted by atomic mass is 10.1. The number of hydrogen-bond acceptors (Lipinski definition) is 0. The Kier molecular flexibility index (Phi) is 14.5. The molecule has 0 aromatic heterocycles. The van der Waals surface area contributed by atoms with Crippen molar-refractivity contribution in [1.29, 1.82) is 0 Å². The molecule has 0 heterocycles. The van der Waals surface area contributed by atoms with E-state index < -0.39 is 0 Å². The molecule has 0 aliphatic carbocycles. The lowest BCUT2D eigenvalue weighted by Gasteiger charge is -1.98. The highest BCUT2D eigenvalue weighted by atomic mass is 14.0. The van der Waals surface area contributed by atoms with Crippen LogP contribution in [0.15, 0.2) is 12.2 Å². The summed E-state index contributed by atoms with van der Waals surface area (Å²) in [6, 6.07) is 0. The van der Waals surface area contributed by atoms with Crippen molar-refractivity contribution in [2.24, 2.45) is 0 Å². The summed E-state index contributed by atoms with van der Waals surface area (Å²) in [6.45, 7) is 6.13. The Hall–Kier alpha value is -0.260. The number of rotatable bonds is 12. The predicted molar refractivity (Wildman–Crippen MR) is 75.6 cm³/mol. The van der Waals surface area contributed by atoms with Crippen LogP contribution in [0.4, 0.5) is 0 Å². The summed E-state index contributed by atoms with van der Waals surface area (Å²) in [5.41, 5.74) is 0. The number of hydrogen-bond donors (Lipinski definition) is 0. The Balaban J connectivity index is 2.97. The van der Waals surface area contributed by atoms with Crippen molar-refractivity contribution in [3.63, 3.8) is 0 Å². The molecule has 0 amide bonds. The minimum Gasteiger partial charge on any atom is -0.0885 e. The predicted octanol–water partition coefficient (Wildman–Crippen LogP) is 6.08. The molecule has 0 atom stereocenters. The van der Waals surface area contributed by atoms with Gasteiger partial charge in [0.15, 0.2) is 0 Å². The van der Waals surface area contributed by atoms with E-state index in [2.05, 4.69) is 26.0 Å². The largest absolute Gasteiger partial charge is 0.0885 e. The molecule has 0 aliphatic heterocycles. The summed E-state index contributed by atoms with van der Waals surface area (Å²) < 4.78 is 0. The minimum absolute atomic E-state index is 1.11. The first kappa shape index (κ1) is 15.7. The van der Waals surface area contributed by atoms with Crippen LogP contribution in [0.25, 0.3) is 0 Å². The smallest absolute Gasteiger partial charge is 0.0351 e. The van der Waals surface area contributed by atoms with E-state index in [1.54, 1.807) is 0 Å². The third kappa shape index (κ3) is 13.7. The van der Waals surface area contributed by atoms with Crippen molar-refractivity contribution >= 4 is 0 Å². The van der Waals surface area contributed by atoms with E-state index in [0.717, 1.165) is 6.42 Å². The first-order valence-corrected chi connectivity index (χ1v) is 7.36. The normalized spacial score (nSPS) is 11.4. The maximum absolute atomic E-state index is 3.87. The van der Waals surface area contributed by atoms with Gasteiger partial charge in [0, 0.05) is 0 Å². The van der Waals surface area contributed by atoms with Gasteiger partial charge in [-0.05, 0) is 25.7 Å².